The first-order valence-corrected chi connectivity index (χ1v) is 7.78. The molecule has 1 saturated heterocycles. The van der Waals surface area contributed by atoms with Crippen molar-refractivity contribution in [1.29, 1.82) is 0 Å². The third kappa shape index (κ3) is 2.80. The molecule has 0 aromatic carbocycles. The van der Waals surface area contributed by atoms with Gasteiger partial charge in [0.15, 0.2) is 17.3 Å². The first-order valence-electron chi connectivity index (χ1n) is 7.78. The lowest BCUT2D eigenvalue weighted by Crippen LogP contribution is -2.42. The van der Waals surface area contributed by atoms with E-state index in [1.165, 1.54) is 44.9 Å². The first-order chi connectivity index (χ1) is 10.2. The Balaban J connectivity index is 1.75. The Morgan fingerprint density at radius 1 is 1.10 bits per heavy atom. The molecule has 0 amide bonds. The van der Waals surface area contributed by atoms with Crippen molar-refractivity contribution in [2.75, 3.05) is 18.0 Å². The maximum Gasteiger partial charge on any atom is 0.192 e. The molecule has 1 aromatic heterocycles. The monoisotopic (exact) mass is 289 g/mol. The molecular formula is C15H23N5O. The van der Waals surface area contributed by atoms with Gasteiger partial charge in [0.2, 0.25) is 0 Å². The highest BCUT2D eigenvalue weighted by atomic mass is 16.4. The molecule has 1 aromatic rings. The van der Waals surface area contributed by atoms with Crippen molar-refractivity contribution in [3.05, 3.63) is 18.1 Å². The summed E-state index contributed by atoms with van der Waals surface area (Å²) in [4.78, 5) is 10.8. The summed E-state index contributed by atoms with van der Waals surface area (Å²) < 4.78 is 0. The number of piperidine rings is 1. The van der Waals surface area contributed by atoms with Gasteiger partial charge in [0.25, 0.3) is 0 Å². The number of amidine groups is 1. The Morgan fingerprint density at radius 3 is 2.43 bits per heavy atom. The van der Waals surface area contributed by atoms with Crippen LogP contribution in [0.3, 0.4) is 0 Å². The molecule has 0 radical (unpaired) electrons. The largest absolute Gasteiger partial charge is 0.409 e. The number of nitrogens with zero attached hydrogens (tertiary/aromatic N) is 4. The summed E-state index contributed by atoms with van der Waals surface area (Å²) >= 11 is 0. The molecule has 21 heavy (non-hydrogen) atoms. The van der Waals surface area contributed by atoms with Crippen LogP contribution in [0, 0.1) is 5.41 Å². The summed E-state index contributed by atoms with van der Waals surface area (Å²) in [7, 11) is 0. The van der Waals surface area contributed by atoms with Gasteiger partial charge in [-0.15, -0.1) is 0 Å². The number of hydrogen-bond acceptors (Lipinski definition) is 5. The third-order valence-corrected chi connectivity index (χ3v) is 5.07. The number of hydrogen-bond donors (Lipinski definition) is 2. The smallest absolute Gasteiger partial charge is 0.192 e. The van der Waals surface area contributed by atoms with Gasteiger partial charge in [0, 0.05) is 25.5 Å². The van der Waals surface area contributed by atoms with Crippen LogP contribution in [0.5, 0.6) is 0 Å². The second-order valence-electron chi connectivity index (χ2n) is 6.26. The molecule has 2 heterocycles. The van der Waals surface area contributed by atoms with Crippen molar-refractivity contribution in [2.24, 2.45) is 16.3 Å². The number of oxime groups is 1. The molecule has 1 saturated carbocycles. The van der Waals surface area contributed by atoms with Crippen LogP contribution in [0.1, 0.15) is 50.6 Å². The summed E-state index contributed by atoms with van der Waals surface area (Å²) in [5, 5.41) is 11.9. The molecule has 2 fully saturated rings. The van der Waals surface area contributed by atoms with Crippen LogP contribution in [0.25, 0.3) is 0 Å². The predicted molar refractivity (Wildman–Crippen MR) is 81.5 cm³/mol. The Morgan fingerprint density at radius 2 is 1.76 bits per heavy atom. The number of aromatic nitrogens is 2. The molecule has 6 nitrogen and oxygen atoms in total. The molecule has 3 rings (SSSR count). The van der Waals surface area contributed by atoms with Crippen LogP contribution in [0.2, 0.25) is 0 Å². The zero-order valence-corrected chi connectivity index (χ0v) is 12.3. The first kappa shape index (κ1) is 14.1. The fraction of sp³-hybridized carbons (Fsp3) is 0.667. The minimum Gasteiger partial charge on any atom is -0.409 e. The topological polar surface area (TPSA) is 87.6 Å². The second kappa shape index (κ2) is 5.87. The van der Waals surface area contributed by atoms with E-state index in [4.69, 9.17) is 10.9 Å². The van der Waals surface area contributed by atoms with Crippen molar-refractivity contribution in [2.45, 2.75) is 44.9 Å². The van der Waals surface area contributed by atoms with E-state index >= 15 is 0 Å². The lowest BCUT2D eigenvalue weighted by Gasteiger charge is -2.44. The average molecular weight is 289 g/mol. The Hall–Kier alpha value is -1.85. The van der Waals surface area contributed by atoms with Crippen LogP contribution >= 0.6 is 0 Å². The molecule has 0 bridgehead atoms. The van der Waals surface area contributed by atoms with Crippen molar-refractivity contribution in [3.63, 3.8) is 0 Å². The predicted octanol–water partition coefficient (Wildman–Crippen LogP) is 2.12. The highest BCUT2D eigenvalue weighted by molar-refractivity contribution is 5.99. The van der Waals surface area contributed by atoms with Crippen LogP contribution in [0.4, 0.5) is 5.82 Å². The summed E-state index contributed by atoms with van der Waals surface area (Å²) in [6.45, 7) is 1.95. The normalized spacial score (nSPS) is 22.5. The summed E-state index contributed by atoms with van der Waals surface area (Å²) in [6, 6.07) is 0. The van der Waals surface area contributed by atoms with Crippen LogP contribution in [0.15, 0.2) is 17.5 Å². The summed E-state index contributed by atoms with van der Waals surface area (Å²) in [5.41, 5.74) is 6.73. The van der Waals surface area contributed by atoms with Crippen LogP contribution in [-0.4, -0.2) is 34.1 Å². The van der Waals surface area contributed by atoms with Gasteiger partial charge in [-0.3, -0.25) is 0 Å². The van der Waals surface area contributed by atoms with E-state index in [0.29, 0.717) is 11.1 Å². The summed E-state index contributed by atoms with van der Waals surface area (Å²) in [6.07, 6.45) is 12.5. The average Bonchev–Trinajstić information content (AvgIpc) is 2.56. The van der Waals surface area contributed by atoms with E-state index in [9.17, 15) is 0 Å². The van der Waals surface area contributed by atoms with Crippen molar-refractivity contribution in [3.8, 4) is 0 Å². The van der Waals surface area contributed by atoms with Gasteiger partial charge in [-0.1, -0.05) is 24.4 Å². The minimum absolute atomic E-state index is 0.0241. The molecule has 1 spiro atoms. The van der Waals surface area contributed by atoms with Crippen LogP contribution in [-0.2, 0) is 0 Å². The number of rotatable bonds is 2. The highest BCUT2D eigenvalue weighted by Crippen LogP contribution is 2.45. The fourth-order valence-corrected chi connectivity index (χ4v) is 3.78. The van der Waals surface area contributed by atoms with E-state index in [1.807, 2.05) is 0 Å². The van der Waals surface area contributed by atoms with E-state index in [0.717, 1.165) is 18.9 Å². The lowest BCUT2D eigenvalue weighted by molar-refractivity contribution is 0.144. The van der Waals surface area contributed by atoms with Crippen molar-refractivity contribution >= 4 is 11.7 Å². The van der Waals surface area contributed by atoms with E-state index < -0.39 is 0 Å². The van der Waals surface area contributed by atoms with E-state index in [-0.39, 0.29) is 5.84 Å². The molecule has 1 aliphatic carbocycles. The Labute approximate surface area is 125 Å². The molecule has 6 heteroatoms. The number of anilines is 1. The van der Waals surface area contributed by atoms with Crippen LogP contribution < -0.4 is 10.6 Å². The fourth-order valence-electron chi connectivity index (χ4n) is 3.78. The minimum atomic E-state index is 0.0241. The zero-order valence-electron chi connectivity index (χ0n) is 12.3. The van der Waals surface area contributed by atoms with Crippen molar-refractivity contribution < 1.29 is 5.21 Å². The maximum atomic E-state index is 8.89. The lowest BCUT2D eigenvalue weighted by atomic mass is 9.68. The molecular weight excluding hydrogens is 266 g/mol. The van der Waals surface area contributed by atoms with E-state index in [1.54, 1.807) is 12.4 Å². The third-order valence-electron chi connectivity index (χ3n) is 5.07. The molecule has 2 aliphatic rings. The van der Waals surface area contributed by atoms with Gasteiger partial charge < -0.3 is 15.8 Å². The second-order valence-corrected chi connectivity index (χ2v) is 6.26. The zero-order chi connectivity index (χ0) is 14.7. The standard InChI is InChI=1S/C15H23N5O/c16-13(19-21)12-14(18-9-8-17-12)20-10-6-15(7-11-20)4-2-1-3-5-15/h8-9,21H,1-7,10-11H2,(H2,16,19). The molecule has 3 N–H and O–H groups in total. The molecule has 114 valence electrons. The Bertz CT molecular complexity index is 515. The van der Waals surface area contributed by atoms with Crippen molar-refractivity contribution in [1.82, 2.24) is 9.97 Å². The van der Waals surface area contributed by atoms with E-state index in [2.05, 4.69) is 20.0 Å². The molecule has 1 aliphatic heterocycles. The number of nitrogens with two attached hydrogens (primary N) is 1. The van der Waals surface area contributed by atoms with Gasteiger partial charge in [0.05, 0.1) is 0 Å². The van der Waals surface area contributed by atoms with Gasteiger partial charge in [-0.25, -0.2) is 9.97 Å². The quantitative estimate of drug-likeness (QED) is 0.377. The maximum absolute atomic E-state index is 8.89. The molecule has 0 atom stereocenters. The van der Waals surface area contributed by atoms with Gasteiger partial charge >= 0.3 is 0 Å². The molecule has 0 unspecified atom stereocenters. The highest BCUT2D eigenvalue weighted by Gasteiger charge is 2.36. The SMILES string of the molecule is NC(=NO)c1nccnc1N1CCC2(CCCCC2)CC1. The van der Waals surface area contributed by atoms with Gasteiger partial charge in [-0.05, 0) is 31.1 Å². The summed E-state index contributed by atoms with van der Waals surface area (Å²) in [5.74, 6) is 0.759. The van der Waals surface area contributed by atoms with Gasteiger partial charge in [0.1, 0.15) is 0 Å². The Kier molecular flexibility index (Phi) is 3.94. The van der Waals surface area contributed by atoms with Gasteiger partial charge in [-0.2, -0.15) is 0 Å².